The van der Waals surface area contributed by atoms with Crippen LogP contribution in [0.15, 0.2) is 29.3 Å². The number of thioether (sulfide) groups is 1. The molecule has 0 bridgehead atoms. The first kappa shape index (κ1) is 19.8. The summed E-state index contributed by atoms with van der Waals surface area (Å²) >= 11 is 1.59. The summed E-state index contributed by atoms with van der Waals surface area (Å²) in [4.78, 5) is 19.1. The van der Waals surface area contributed by atoms with Gasteiger partial charge in [-0.1, -0.05) is 23.9 Å². The van der Waals surface area contributed by atoms with Gasteiger partial charge in [-0.25, -0.2) is 0 Å². The number of nitrogens with two attached hydrogens (primary N) is 1. The number of amidine groups is 1. The van der Waals surface area contributed by atoms with Crippen molar-refractivity contribution in [1.29, 1.82) is 0 Å². The molecule has 7 heteroatoms. The minimum Gasteiger partial charge on any atom is -0.383 e. The second-order valence-electron chi connectivity index (χ2n) is 6.18. The molecule has 1 aromatic rings. The van der Waals surface area contributed by atoms with Crippen molar-refractivity contribution in [3.63, 3.8) is 0 Å². The molecular formula is C18H27N3O3S. The number of methoxy groups -OCH3 is 2. The molecule has 0 radical (unpaired) electrons. The van der Waals surface area contributed by atoms with Crippen LogP contribution < -0.4 is 5.73 Å². The summed E-state index contributed by atoms with van der Waals surface area (Å²) in [7, 11) is 3.26. The molecule has 0 saturated heterocycles. The number of amides is 1. The van der Waals surface area contributed by atoms with Crippen molar-refractivity contribution in [3.8, 4) is 0 Å². The number of carbonyl (C=O) groups excluding carboxylic acids is 1. The second-order valence-corrected chi connectivity index (χ2v) is 7.29. The Morgan fingerprint density at radius 1 is 1.24 bits per heavy atom. The fourth-order valence-electron chi connectivity index (χ4n) is 2.77. The largest absolute Gasteiger partial charge is 0.383 e. The maximum atomic E-state index is 12.7. The first-order valence-electron chi connectivity index (χ1n) is 8.36. The van der Waals surface area contributed by atoms with E-state index < -0.39 is 0 Å². The predicted octanol–water partition coefficient (Wildman–Crippen LogP) is 2.09. The Hall–Kier alpha value is -1.57. The fraction of sp³-hybridized carbons (Fsp3) is 0.556. The molecule has 1 amide bonds. The van der Waals surface area contributed by atoms with E-state index in [2.05, 4.69) is 11.9 Å². The molecule has 0 fully saturated rings. The highest BCUT2D eigenvalue weighted by atomic mass is 32.2. The summed E-state index contributed by atoms with van der Waals surface area (Å²) in [5.74, 6) is 0.932. The van der Waals surface area contributed by atoms with E-state index in [0.29, 0.717) is 37.0 Å². The molecule has 0 aromatic heterocycles. The van der Waals surface area contributed by atoms with E-state index in [1.54, 1.807) is 30.9 Å². The van der Waals surface area contributed by atoms with Crippen molar-refractivity contribution in [2.75, 3.05) is 46.3 Å². The van der Waals surface area contributed by atoms with Gasteiger partial charge in [-0.3, -0.25) is 9.79 Å². The van der Waals surface area contributed by atoms with E-state index in [-0.39, 0.29) is 11.4 Å². The molecule has 0 aliphatic carbocycles. The highest BCUT2D eigenvalue weighted by Crippen LogP contribution is 2.34. The van der Waals surface area contributed by atoms with Crippen LogP contribution in [0.4, 0.5) is 0 Å². The lowest BCUT2D eigenvalue weighted by Gasteiger charge is -2.30. The van der Waals surface area contributed by atoms with Crippen LogP contribution in [0.25, 0.3) is 0 Å². The minimum absolute atomic E-state index is 0.0204. The zero-order chi connectivity index (χ0) is 18.3. The average Bonchev–Trinajstić information content (AvgIpc) is 2.61. The predicted molar refractivity (Wildman–Crippen MR) is 102 cm³/mol. The third-order valence-corrected chi connectivity index (χ3v) is 5.16. The van der Waals surface area contributed by atoms with E-state index in [1.165, 1.54) is 0 Å². The Bertz CT molecular complexity index is 598. The first-order valence-corrected chi connectivity index (χ1v) is 9.34. The fourth-order valence-corrected chi connectivity index (χ4v) is 3.74. The second kappa shape index (κ2) is 9.22. The average molecular weight is 365 g/mol. The van der Waals surface area contributed by atoms with Crippen LogP contribution in [0.5, 0.6) is 0 Å². The molecule has 2 rings (SSSR count). The first-order chi connectivity index (χ1) is 12.0. The maximum absolute atomic E-state index is 12.7. The van der Waals surface area contributed by atoms with Crippen molar-refractivity contribution in [2.24, 2.45) is 10.7 Å². The molecule has 138 valence electrons. The van der Waals surface area contributed by atoms with Crippen LogP contribution in [-0.2, 0) is 15.0 Å². The van der Waals surface area contributed by atoms with Crippen LogP contribution in [0.2, 0.25) is 0 Å². The normalized spacial score (nSPS) is 20.2. The standard InChI is InChI=1S/C18H27N3O3S/c1-18(8-13-25-17(19)20-18)15-6-4-14(5-7-15)16(22)21(9-11-23-2)10-12-24-3/h4-7H,8-13H2,1-3H3,(H2,19,20). The zero-order valence-corrected chi connectivity index (χ0v) is 16.0. The maximum Gasteiger partial charge on any atom is 0.254 e. The SMILES string of the molecule is COCCN(CCOC)C(=O)c1ccc(C2(C)CCSC(N)=N2)cc1. The minimum atomic E-state index is -0.317. The van der Waals surface area contributed by atoms with E-state index in [0.717, 1.165) is 17.7 Å². The van der Waals surface area contributed by atoms with Gasteiger partial charge in [0.1, 0.15) is 0 Å². The number of benzene rings is 1. The number of carbonyl (C=O) groups is 1. The smallest absolute Gasteiger partial charge is 0.254 e. The van der Waals surface area contributed by atoms with Gasteiger partial charge >= 0.3 is 0 Å². The van der Waals surface area contributed by atoms with E-state index in [4.69, 9.17) is 15.2 Å². The van der Waals surface area contributed by atoms with Gasteiger partial charge in [0.05, 0.1) is 18.8 Å². The zero-order valence-electron chi connectivity index (χ0n) is 15.2. The Labute approximate surface area is 153 Å². The Morgan fingerprint density at radius 3 is 2.36 bits per heavy atom. The third-order valence-electron chi connectivity index (χ3n) is 4.37. The number of hydrogen-bond acceptors (Lipinski definition) is 6. The number of aliphatic imine (C=N–C) groups is 1. The highest BCUT2D eigenvalue weighted by Gasteiger charge is 2.29. The number of nitrogens with zero attached hydrogens (tertiary/aromatic N) is 2. The van der Waals surface area contributed by atoms with E-state index in [1.807, 2.05) is 24.3 Å². The van der Waals surface area contributed by atoms with Crippen molar-refractivity contribution in [3.05, 3.63) is 35.4 Å². The number of rotatable bonds is 8. The molecule has 1 aliphatic rings. The molecule has 1 unspecified atom stereocenters. The summed E-state index contributed by atoms with van der Waals surface area (Å²) < 4.78 is 10.2. The molecule has 6 nitrogen and oxygen atoms in total. The molecule has 1 aliphatic heterocycles. The lowest BCUT2D eigenvalue weighted by atomic mass is 9.89. The van der Waals surface area contributed by atoms with Gasteiger partial charge in [0.25, 0.3) is 5.91 Å². The molecule has 1 aromatic carbocycles. The van der Waals surface area contributed by atoms with Gasteiger partial charge in [0, 0.05) is 38.6 Å². The van der Waals surface area contributed by atoms with Crippen LogP contribution in [-0.4, -0.2) is 62.3 Å². The molecule has 0 spiro atoms. The van der Waals surface area contributed by atoms with Crippen molar-refractivity contribution >= 4 is 22.8 Å². The number of ether oxygens (including phenoxy) is 2. The topological polar surface area (TPSA) is 77.2 Å². The monoisotopic (exact) mass is 365 g/mol. The molecule has 25 heavy (non-hydrogen) atoms. The van der Waals surface area contributed by atoms with Gasteiger partial charge in [0.2, 0.25) is 0 Å². The van der Waals surface area contributed by atoms with Crippen LogP contribution >= 0.6 is 11.8 Å². The molecule has 1 atom stereocenters. The van der Waals surface area contributed by atoms with Crippen molar-refractivity contribution in [2.45, 2.75) is 18.9 Å². The molecule has 2 N–H and O–H groups in total. The van der Waals surface area contributed by atoms with E-state index in [9.17, 15) is 4.79 Å². The van der Waals surface area contributed by atoms with Crippen molar-refractivity contribution in [1.82, 2.24) is 4.90 Å². The summed E-state index contributed by atoms with van der Waals surface area (Å²) in [6, 6.07) is 7.68. The Morgan fingerprint density at radius 2 is 1.84 bits per heavy atom. The summed E-state index contributed by atoms with van der Waals surface area (Å²) in [5.41, 5.74) is 7.30. The van der Waals surface area contributed by atoms with Crippen LogP contribution in [0, 0.1) is 0 Å². The Balaban J connectivity index is 2.14. The molecule has 0 saturated carbocycles. The van der Waals surface area contributed by atoms with Crippen molar-refractivity contribution < 1.29 is 14.3 Å². The molecular weight excluding hydrogens is 338 g/mol. The van der Waals surface area contributed by atoms with Gasteiger partial charge in [-0.05, 0) is 31.0 Å². The summed E-state index contributed by atoms with van der Waals surface area (Å²) in [5, 5.41) is 0.624. The van der Waals surface area contributed by atoms with E-state index >= 15 is 0 Å². The number of hydrogen-bond donors (Lipinski definition) is 1. The van der Waals surface area contributed by atoms with Crippen LogP contribution in [0.1, 0.15) is 29.3 Å². The third kappa shape index (κ3) is 5.20. The lowest BCUT2D eigenvalue weighted by Crippen LogP contribution is -2.36. The molecule has 1 heterocycles. The summed E-state index contributed by atoms with van der Waals surface area (Å²) in [6.45, 7) is 4.15. The quantitative estimate of drug-likeness (QED) is 0.763. The lowest BCUT2D eigenvalue weighted by molar-refractivity contribution is 0.0627. The highest BCUT2D eigenvalue weighted by molar-refractivity contribution is 8.13. The van der Waals surface area contributed by atoms with Gasteiger partial charge in [0.15, 0.2) is 5.17 Å². The Kier molecular flexibility index (Phi) is 7.28. The summed E-state index contributed by atoms with van der Waals surface area (Å²) in [6.07, 6.45) is 0.930. The van der Waals surface area contributed by atoms with Crippen LogP contribution in [0.3, 0.4) is 0 Å². The van der Waals surface area contributed by atoms with Gasteiger partial charge in [-0.2, -0.15) is 0 Å². The van der Waals surface area contributed by atoms with Gasteiger partial charge < -0.3 is 20.1 Å². The van der Waals surface area contributed by atoms with Gasteiger partial charge in [-0.15, -0.1) is 0 Å².